The summed E-state index contributed by atoms with van der Waals surface area (Å²) in [5.74, 6) is 1.08. The van der Waals surface area contributed by atoms with E-state index in [1.807, 2.05) is 33.7 Å². The van der Waals surface area contributed by atoms with E-state index in [1.54, 1.807) is 18.6 Å². The second-order valence-electron chi connectivity index (χ2n) is 7.76. The molecule has 3 aromatic heterocycles. The highest BCUT2D eigenvalue weighted by Gasteiger charge is 2.42. The van der Waals surface area contributed by atoms with Crippen molar-refractivity contribution >= 4 is 17.4 Å². The van der Waals surface area contributed by atoms with Crippen LogP contribution in [0.5, 0.6) is 0 Å². The summed E-state index contributed by atoms with van der Waals surface area (Å²) in [5.41, 5.74) is 2.40. The summed E-state index contributed by atoms with van der Waals surface area (Å²) in [5, 5.41) is 16.6. The van der Waals surface area contributed by atoms with Crippen molar-refractivity contribution in [2.24, 2.45) is 5.92 Å². The second-order valence-corrected chi connectivity index (χ2v) is 7.76. The number of nitrogens with one attached hydrogen (secondary N) is 1. The van der Waals surface area contributed by atoms with E-state index in [9.17, 15) is 4.79 Å². The number of pyridine rings is 2. The lowest BCUT2D eigenvalue weighted by Crippen LogP contribution is -2.51. The lowest BCUT2D eigenvalue weighted by atomic mass is 10.0. The second kappa shape index (κ2) is 7.72. The molecule has 2 atom stereocenters. The van der Waals surface area contributed by atoms with Gasteiger partial charge in [0.15, 0.2) is 5.65 Å². The lowest BCUT2D eigenvalue weighted by Gasteiger charge is -2.38. The third-order valence-electron chi connectivity index (χ3n) is 5.95. The first-order chi connectivity index (χ1) is 14.7. The van der Waals surface area contributed by atoms with Crippen LogP contribution in [-0.4, -0.2) is 62.6 Å². The first-order valence-corrected chi connectivity index (χ1v) is 10.1. The van der Waals surface area contributed by atoms with Gasteiger partial charge in [-0.3, -0.25) is 4.79 Å². The first kappa shape index (κ1) is 18.5. The van der Waals surface area contributed by atoms with Crippen LogP contribution in [0.3, 0.4) is 0 Å². The van der Waals surface area contributed by atoms with Gasteiger partial charge in [0.25, 0.3) is 0 Å². The SMILES string of the molecule is N#Cc1ccc(N2CCN3C(=O)[C@@H](CNCc4cccc5ncnn45)C[C@H]3C2)nc1. The predicted molar refractivity (Wildman–Crippen MR) is 109 cm³/mol. The summed E-state index contributed by atoms with van der Waals surface area (Å²) in [4.78, 5) is 25.7. The highest BCUT2D eigenvalue weighted by atomic mass is 16.2. The number of hydrogen-bond donors (Lipinski definition) is 1. The maximum absolute atomic E-state index is 12.9. The van der Waals surface area contributed by atoms with E-state index in [0.29, 0.717) is 25.2 Å². The monoisotopic (exact) mass is 402 g/mol. The molecule has 2 aliphatic rings. The number of rotatable bonds is 5. The first-order valence-electron chi connectivity index (χ1n) is 10.1. The number of aromatic nitrogens is 4. The number of fused-ring (bicyclic) bond motifs is 2. The third-order valence-corrected chi connectivity index (χ3v) is 5.95. The number of hydrogen-bond acceptors (Lipinski definition) is 7. The van der Waals surface area contributed by atoms with Crippen LogP contribution in [0.4, 0.5) is 5.82 Å². The van der Waals surface area contributed by atoms with Crippen molar-refractivity contribution in [2.45, 2.75) is 19.0 Å². The molecule has 0 aromatic carbocycles. The molecule has 9 heteroatoms. The molecule has 2 fully saturated rings. The van der Waals surface area contributed by atoms with E-state index in [2.05, 4.69) is 31.4 Å². The zero-order chi connectivity index (χ0) is 20.5. The van der Waals surface area contributed by atoms with Gasteiger partial charge in [0.05, 0.1) is 23.2 Å². The van der Waals surface area contributed by atoms with Gasteiger partial charge in [-0.2, -0.15) is 10.4 Å². The van der Waals surface area contributed by atoms with Crippen LogP contribution in [0.2, 0.25) is 0 Å². The van der Waals surface area contributed by atoms with Crippen molar-refractivity contribution in [2.75, 3.05) is 31.1 Å². The van der Waals surface area contributed by atoms with Crippen LogP contribution in [0.15, 0.2) is 42.9 Å². The largest absolute Gasteiger partial charge is 0.353 e. The zero-order valence-corrected chi connectivity index (χ0v) is 16.5. The molecule has 2 saturated heterocycles. The highest BCUT2D eigenvalue weighted by Crippen LogP contribution is 2.29. The van der Waals surface area contributed by atoms with Gasteiger partial charge in [-0.25, -0.2) is 14.5 Å². The standard InChI is InChI=1S/C21H22N8O/c22-9-15-4-5-19(24-10-15)27-6-7-28-18(13-27)8-16(21(28)30)11-23-12-17-2-1-3-20-25-14-26-29(17)20/h1-5,10,14,16,18,23H,6-8,11-13H2/t16-,18+/m1/s1. The Bertz CT molecular complexity index is 1100. The quantitative estimate of drug-likeness (QED) is 0.674. The van der Waals surface area contributed by atoms with Gasteiger partial charge in [0.2, 0.25) is 5.91 Å². The van der Waals surface area contributed by atoms with Gasteiger partial charge in [0, 0.05) is 38.9 Å². The van der Waals surface area contributed by atoms with E-state index in [4.69, 9.17) is 5.26 Å². The average Bonchev–Trinajstić information content (AvgIpc) is 3.39. The van der Waals surface area contributed by atoms with Crippen LogP contribution in [0, 0.1) is 17.2 Å². The Morgan fingerprint density at radius 3 is 2.97 bits per heavy atom. The third kappa shape index (κ3) is 3.35. The molecule has 152 valence electrons. The van der Waals surface area contributed by atoms with Gasteiger partial charge in [0.1, 0.15) is 18.2 Å². The maximum Gasteiger partial charge on any atom is 0.227 e. The molecule has 0 unspecified atom stereocenters. The fourth-order valence-corrected chi connectivity index (χ4v) is 4.44. The zero-order valence-electron chi connectivity index (χ0n) is 16.5. The summed E-state index contributed by atoms with van der Waals surface area (Å²) >= 11 is 0. The number of nitriles is 1. The Morgan fingerprint density at radius 2 is 2.13 bits per heavy atom. The molecular weight excluding hydrogens is 380 g/mol. The van der Waals surface area contributed by atoms with Crippen LogP contribution >= 0.6 is 0 Å². The number of piperazine rings is 1. The summed E-state index contributed by atoms with van der Waals surface area (Å²) < 4.78 is 1.81. The molecule has 3 aromatic rings. The Balaban J connectivity index is 1.19. The average molecular weight is 402 g/mol. The van der Waals surface area contributed by atoms with Crippen molar-refractivity contribution in [3.8, 4) is 6.07 Å². The molecule has 0 aliphatic carbocycles. The fourth-order valence-electron chi connectivity index (χ4n) is 4.44. The molecule has 5 heterocycles. The molecule has 0 saturated carbocycles. The number of anilines is 1. The Hall–Kier alpha value is -3.51. The smallest absolute Gasteiger partial charge is 0.227 e. The van der Waals surface area contributed by atoms with Gasteiger partial charge < -0.3 is 15.1 Å². The minimum absolute atomic E-state index is 0.0150. The lowest BCUT2D eigenvalue weighted by molar-refractivity contribution is -0.132. The van der Waals surface area contributed by atoms with E-state index in [1.165, 1.54) is 0 Å². The molecule has 1 N–H and O–H groups in total. The van der Waals surface area contributed by atoms with Crippen molar-refractivity contribution in [3.05, 3.63) is 54.1 Å². The molecular formula is C21H22N8O. The normalized spacial score (nSPS) is 21.1. The number of carbonyl (C=O) groups excluding carboxylic acids is 1. The number of amides is 1. The molecule has 30 heavy (non-hydrogen) atoms. The minimum atomic E-state index is -0.0150. The van der Waals surface area contributed by atoms with E-state index in [-0.39, 0.29) is 17.9 Å². The number of carbonyl (C=O) groups is 1. The molecule has 0 radical (unpaired) electrons. The van der Waals surface area contributed by atoms with Crippen LogP contribution in [-0.2, 0) is 11.3 Å². The topological polar surface area (TPSA) is 102 Å². The van der Waals surface area contributed by atoms with Crippen LogP contribution < -0.4 is 10.2 Å². The van der Waals surface area contributed by atoms with Gasteiger partial charge in [-0.1, -0.05) is 6.07 Å². The summed E-state index contributed by atoms with van der Waals surface area (Å²) in [6, 6.07) is 11.9. The van der Waals surface area contributed by atoms with Crippen molar-refractivity contribution in [1.29, 1.82) is 5.26 Å². The van der Waals surface area contributed by atoms with E-state index < -0.39 is 0 Å². The predicted octanol–water partition coefficient (Wildman–Crippen LogP) is 0.823. The van der Waals surface area contributed by atoms with E-state index in [0.717, 1.165) is 36.7 Å². The van der Waals surface area contributed by atoms with Gasteiger partial charge in [-0.15, -0.1) is 0 Å². The van der Waals surface area contributed by atoms with Crippen molar-refractivity contribution < 1.29 is 4.79 Å². The van der Waals surface area contributed by atoms with Crippen molar-refractivity contribution in [1.82, 2.24) is 29.8 Å². The van der Waals surface area contributed by atoms with Crippen LogP contribution in [0.25, 0.3) is 5.65 Å². The molecule has 5 rings (SSSR count). The molecule has 2 aliphatic heterocycles. The summed E-state index contributed by atoms with van der Waals surface area (Å²) in [7, 11) is 0. The molecule has 0 spiro atoms. The van der Waals surface area contributed by atoms with Crippen molar-refractivity contribution in [3.63, 3.8) is 0 Å². The van der Waals surface area contributed by atoms with E-state index >= 15 is 0 Å². The van der Waals surface area contributed by atoms with Gasteiger partial charge >= 0.3 is 0 Å². The highest BCUT2D eigenvalue weighted by molar-refractivity contribution is 5.82. The minimum Gasteiger partial charge on any atom is -0.353 e. The van der Waals surface area contributed by atoms with Crippen LogP contribution in [0.1, 0.15) is 17.7 Å². The fraction of sp³-hybridized carbons (Fsp3) is 0.381. The Morgan fingerprint density at radius 1 is 1.20 bits per heavy atom. The molecule has 0 bridgehead atoms. The van der Waals surface area contributed by atoms with Gasteiger partial charge in [-0.05, 0) is 30.7 Å². The molecule has 1 amide bonds. The molecule has 9 nitrogen and oxygen atoms in total. The summed E-state index contributed by atoms with van der Waals surface area (Å²) in [6.45, 7) is 3.53. The number of nitrogens with zero attached hydrogens (tertiary/aromatic N) is 7. The Labute approximate surface area is 173 Å². The summed E-state index contributed by atoms with van der Waals surface area (Å²) in [6.07, 6.45) is 3.99. The Kier molecular flexibility index (Phi) is 4.77. The maximum atomic E-state index is 12.9.